The number of aromatic nitrogens is 2. The second-order valence-corrected chi connectivity index (χ2v) is 6.55. The summed E-state index contributed by atoms with van der Waals surface area (Å²) >= 11 is 0. The maximum Gasteiger partial charge on any atom is 0.273 e. The Morgan fingerprint density at radius 3 is 2.48 bits per heavy atom. The third kappa shape index (κ3) is 4.73. The van der Waals surface area contributed by atoms with E-state index in [1.165, 1.54) is 19.0 Å². The molecule has 150 valence electrons. The molecule has 8 nitrogen and oxygen atoms in total. The van der Waals surface area contributed by atoms with Crippen LogP contribution in [0.3, 0.4) is 0 Å². The summed E-state index contributed by atoms with van der Waals surface area (Å²) in [5, 5.41) is 0. The van der Waals surface area contributed by atoms with Crippen LogP contribution in [0.1, 0.15) is 35.7 Å². The van der Waals surface area contributed by atoms with Gasteiger partial charge in [-0.3, -0.25) is 15.6 Å². The Bertz CT molecular complexity index is 990. The third-order valence-corrected chi connectivity index (χ3v) is 4.25. The molecule has 0 fully saturated rings. The minimum Gasteiger partial charge on any atom is -0.496 e. The SMILES string of the molecule is COc1ccccc1C(=O)NNc1ncnc(Oc2ccc(C(C)C)cc2)c1N. The zero-order valence-corrected chi connectivity index (χ0v) is 16.5. The van der Waals surface area contributed by atoms with Crippen LogP contribution in [0.15, 0.2) is 54.9 Å². The number of nitrogen functional groups attached to an aromatic ring is 1. The molecular weight excluding hydrogens is 370 g/mol. The second kappa shape index (κ2) is 8.92. The van der Waals surface area contributed by atoms with Crippen LogP contribution in [0.4, 0.5) is 11.5 Å². The van der Waals surface area contributed by atoms with E-state index in [1.54, 1.807) is 24.3 Å². The van der Waals surface area contributed by atoms with E-state index in [0.717, 1.165) is 0 Å². The van der Waals surface area contributed by atoms with Crippen LogP contribution in [0.5, 0.6) is 17.4 Å². The lowest BCUT2D eigenvalue weighted by atomic mass is 10.0. The Morgan fingerprint density at radius 2 is 1.79 bits per heavy atom. The molecule has 0 unspecified atom stereocenters. The van der Waals surface area contributed by atoms with Crippen LogP contribution in [0.2, 0.25) is 0 Å². The van der Waals surface area contributed by atoms with Gasteiger partial charge in [0, 0.05) is 0 Å². The lowest BCUT2D eigenvalue weighted by Crippen LogP contribution is -2.30. The van der Waals surface area contributed by atoms with Crippen molar-refractivity contribution in [1.29, 1.82) is 0 Å². The number of anilines is 2. The standard InChI is InChI=1S/C21H23N5O3/c1-13(2)14-8-10-15(11-9-14)29-21-18(22)19(23-12-24-21)25-26-20(27)16-6-4-5-7-17(16)28-3/h4-13H,22H2,1-3H3,(H,26,27)(H,23,24,25). The lowest BCUT2D eigenvalue weighted by molar-refractivity contribution is 0.0959. The van der Waals surface area contributed by atoms with Gasteiger partial charge in [0.1, 0.15) is 23.5 Å². The average Bonchev–Trinajstić information content (AvgIpc) is 2.74. The van der Waals surface area contributed by atoms with E-state index in [-0.39, 0.29) is 17.4 Å². The maximum absolute atomic E-state index is 12.4. The topological polar surface area (TPSA) is 111 Å². The van der Waals surface area contributed by atoms with Gasteiger partial charge in [0.15, 0.2) is 5.82 Å². The predicted octanol–water partition coefficient (Wildman–Crippen LogP) is 3.74. The zero-order valence-electron chi connectivity index (χ0n) is 16.5. The van der Waals surface area contributed by atoms with Gasteiger partial charge in [0.25, 0.3) is 5.91 Å². The van der Waals surface area contributed by atoms with Crippen LogP contribution in [0, 0.1) is 0 Å². The number of nitrogens with one attached hydrogen (secondary N) is 2. The number of amides is 1. The molecule has 0 atom stereocenters. The molecule has 3 aromatic rings. The first-order chi connectivity index (χ1) is 14.0. The highest BCUT2D eigenvalue weighted by molar-refractivity contribution is 5.97. The number of carbonyl (C=O) groups is 1. The largest absolute Gasteiger partial charge is 0.496 e. The van der Waals surface area contributed by atoms with Gasteiger partial charge in [-0.1, -0.05) is 38.1 Å². The highest BCUT2D eigenvalue weighted by atomic mass is 16.5. The summed E-state index contributed by atoms with van der Waals surface area (Å²) in [5.74, 6) is 1.49. The van der Waals surface area contributed by atoms with E-state index < -0.39 is 5.91 Å². The molecule has 2 aromatic carbocycles. The van der Waals surface area contributed by atoms with Crippen molar-refractivity contribution < 1.29 is 14.3 Å². The molecule has 1 aromatic heterocycles. The summed E-state index contributed by atoms with van der Waals surface area (Å²) in [4.78, 5) is 20.5. The molecule has 3 rings (SSSR count). The molecule has 0 aliphatic carbocycles. The first-order valence-corrected chi connectivity index (χ1v) is 9.07. The van der Waals surface area contributed by atoms with Gasteiger partial charge < -0.3 is 15.2 Å². The number of hydrogen-bond acceptors (Lipinski definition) is 7. The van der Waals surface area contributed by atoms with E-state index >= 15 is 0 Å². The van der Waals surface area contributed by atoms with E-state index in [9.17, 15) is 4.79 Å². The quantitative estimate of drug-likeness (QED) is 0.524. The molecule has 0 bridgehead atoms. The van der Waals surface area contributed by atoms with Crippen molar-refractivity contribution in [2.75, 3.05) is 18.3 Å². The molecule has 0 aliphatic rings. The number of carbonyl (C=O) groups excluding carboxylic acids is 1. The van der Waals surface area contributed by atoms with Gasteiger partial charge in [-0.25, -0.2) is 4.98 Å². The van der Waals surface area contributed by atoms with Gasteiger partial charge in [0.05, 0.1) is 12.7 Å². The van der Waals surface area contributed by atoms with Crippen molar-refractivity contribution in [1.82, 2.24) is 15.4 Å². The molecule has 0 aliphatic heterocycles. The molecule has 4 N–H and O–H groups in total. The summed E-state index contributed by atoms with van der Waals surface area (Å²) in [5.41, 5.74) is 13.1. The minimum absolute atomic E-state index is 0.167. The van der Waals surface area contributed by atoms with Crippen molar-refractivity contribution in [2.24, 2.45) is 0 Å². The number of hydrogen-bond donors (Lipinski definition) is 3. The molecular formula is C21H23N5O3. The van der Waals surface area contributed by atoms with Crippen molar-refractivity contribution >= 4 is 17.4 Å². The lowest BCUT2D eigenvalue weighted by Gasteiger charge is -2.13. The van der Waals surface area contributed by atoms with Crippen molar-refractivity contribution in [3.05, 3.63) is 66.0 Å². The number of para-hydroxylation sites is 1. The number of hydrazine groups is 1. The number of ether oxygens (including phenoxy) is 2. The summed E-state index contributed by atoms with van der Waals surface area (Å²) in [6.45, 7) is 4.24. The Hall–Kier alpha value is -3.81. The van der Waals surface area contributed by atoms with Crippen LogP contribution >= 0.6 is 0 Å². The normalized spacial score (nSPS) is 10.5. The van der Waals surface area contributed by atoms with Crippen LogP contribution < -0.4 is 26.1 Å². The van der Waals surface area contributed by atoms with Crippen molar-refractivity contribution in [2.45, 2.75) is 19.8 Å². The molecule has 8 heteroatoms. The molecule has 1 heterocycles. The third-order valence-electron chi connectivity index (χ3n) is 4.25. The smallest absolute Gasteiger partial charge is 0.273 e. The fourth-order valence-corrected chi connectivity index (χ4v) is 2.61. The number of rotatable bonds is 7. The highest BCUT2D eigenvalue weighted by Gasteiger charge is 2.14. The Morgan fingerprint density at radius 1 is 1.07 bits per heavy atom. The van der Waals surface area contributed by atoms with Gasteiger partial charge in [-0.05, 0) is 35.7 Å². The molecule has 1 amide bonds. The zero-order chi connectivity index (χ0) is 20.8. The van der Waals surface area contributed by atoms with Crippen LogP contribution in [-0.2, 0) is 0 Å². The molecule has 0 spiro atoms. The Kier molecular flexibility index (Phi) is 6.13. The predicted molar refractivity (Wildman–Crippen MR) is 111 cm³/mol. The van der Waals surface area contributed by atoms with Gasteiger partial charge in [-0.2, -0.15) is 4.98 Å². The van der Waals surface area contributed by atoms with Gasteiger partial charge >= 0.3 is 0 Å². The van der Waals surface area contributed by atoms with Crippen LogP contribution in [0.25, 0.3) is 0 Å². The highest BCUT2D eigenvalue weighted by Crippen LogP contribution is 2.29. The first kappa shape index (κ1) is 19.9. The van der Waals surface area contributed by atoms with Crippen molar-refractivity contribution in [3.63, 3.8) is 0 Å². The number of nitrogens with zero attached hydrogens (tertiary/aromatic N) is 2. The summed E-state index contributed by atoms with van der Waals surface area (Å²) in [7, 11) is 1.50. The number of benzene rings is 2. The first-order valence-electron chi connectivity index (χ1n) is 9.07. The summed E-state index contributed by atoms with van der Waals surface area (Å²) in [6.07, 6.45) is 1.30. The number of methoxy groups -OCH3 is 1. The molecule has 0 saturated carbocycles. The fourth-order valence-electron chi connectivity index (χ4n) is 2.61. The molecule has 0 radical (unpaired) electrons. The number of nitrogens with two attached hydrogens (primary N) is 1. The van der Waals surface area contributed by atoms with E-state index in [1.807, 2.05) is 24.3 Å². The molecule has 0 saturated heterocycles. The van der Waals surface area contributed by atoms with Gasteiger partial charge in [0.2, 0.25) is 5.88 Å². The average molecular weight is 393 g/mol. The maximum atomic E-state index is 12.4. The van der Waals surface area contributed by atoms with Crippen molar-refractivity contribution in [3.8, 4) is 17.4 Å². The summed E-state index contributed by atoms with van der Waals surface area (Å²) in [6, 6.07) is 14.6. The van der Waals surface area contributed by atoms with E-state index in [2.05, 4.69) is 34.7 Å². The Labute approximate surface area is 169 Å². The van der Waals surface area contributed by atoms with E-state index in [0.29, 0.717) is 23.0 Å². The summed E-state index contributed by atoms with van der Waals surface area (Å²) < 4.78 is 11.0. The van der Waals surface area contributed by atoms with Crippen LogP contribution in [-0.4, -0.2) is 23.0 Å². The fraction of sp³-hybridized carbons (Fsp3) is 0.190. The Balaban J connectivity index is 1.71. The minimum atomic E-state index is -0.396. The second-order valence-electron chi connectivity index (χ2n) is 6.55. The van der Waals surface area contributed by atoms with E-state index in [4.69, 9.17) is 15.2 Å². The monoisotopic (exact) mass is 393 g/mol. The van der Waals surface area contributed by atoms with Gasteiger partial charge in [-0.15, -0.1) is 0 Å². The molecule has 29 heavy (non-hydrogen) atoms.